The summed E-state index contributed by atoms with van der Waals surface area (Å²) in [5.41, 5.74) is 5.69. The van der Waals surface area contributed by atoms with E-state index in [-0.39, 0.29) is 28.7 Å². The van der Waals surface area contributed by atoms with Crippen molar-refractivity contribution in [3.05, 3.63) is 41.2 Å². The summed E-state index contributed by atoms with van der Waals surface area (Å²) >= 11 is 5.63. The largest absolute Gasteiger partial charge is 0.506 e. The summed E-state index contributed by atoms with van der Waals surface area (Å²) in [4.78, 5) is 0. The number of hydrogen-bond donors (Lipinski definition) is 2. The molecule has 0 fully saturated rings. The maximum Gasteiger partial charge on any atom is 0.141 e. The van der Waals surface area contributed by atoms with E-state index < -0.39 is 11.9 Å². The molecule has 0 aromatic heterocycles. The van der Waals surface area contributed by atoms with Crippen molar-refractivity contribution in [1.29, 1.82) is 0 Å². The van der Waals surface area contributed by atoms with Crippen molar-refractivity contribution in [3.63, 3.8) is 0 Å². The lowest BCUT2D eigenvalue weighted by Gasteiger charge is -2.13. The van der Waals surface area contributed by atoms with Gasteiger partial charge in [-0.1, -0.05) is 17.7 Å². The van der Waals surface area contributed by atoms with Crippen molar-refractivity contribution < 1.29 is 9.50 Å². The molecule has 1 aromatic carbocycles. The van der Waals surface area contributed by atoms with Crippen LogP contribution in [-0.2, 0) is 0 Å². The highest BCUT2D eigenvalue weighted by atomic mass is 35.5. The summed E-state index contributed by atoms with van der Waals surface area (Å²) < 4.78 is 13.3. The first-order valence-corrected chi connectivity index (χ1v) is 4.49. The maximum absolute atomic E-state index is 13.3. The molecule has 0 bridgehead atoms. The lowest BCUT2D eigenvalue weighted by molar-refractivity contribution is 0.449. The smallest absolute Gasteiger partial charge is 0.141 e. The third-order valence-electron chi connectivity index (χ3n) is 1.91. The van der Waals surface area contributed by atoms with E-state index in [0.717, 1.165) is 0 Å². The fraction of sp³-hybridized carbons (Fsp3) is 0.200. The van der Waals surface area contributed by atoms with Crippen LogP contribution in [0.5, 0.6) is 5.75 Å². The van der Waals surface area contributed by atoms with Crippen molar-refractivity contribution >= 4 is 24.0 Å². The van der Waals surface area contributed by atoms with Gasteiger partial charge in [-0.3, -0.25) is 0 Å². The van der Waals surface area contributed by atoms with Gasteiger partial charge in [-0.05, 0) is 18.6 Å². The van der Waals surface area contributed by atoms with Crippen LogP contribution in [0.3, 0.4) is 0 Å². The van der Waals surface area contributed by atoms with Gasteiger partial charge < -0.3 is 10.8 Å². The van der Waals surface area contributed by atoms with Crippen molar-refractivity contribution in [2.75, 3.05) is 0 Å². The predicted octanol–water partition coefficient (Wildman–Crippen LogP) is 3.18. The summed E-state index contributed by atoms with van der Waals surface area (Å²) in [6, 6.07) is 1.85. The van der Waals surface area contributed by atoms with Gasteiger partial charge in [-0.25, -0.2) is 4.39 Å². The quantitative estimate of drug-likeness (QED) is 0.811. The number of hydrogen-bond acceptors (Lipinski definition) is 2. The summed E-state index contributed by atoms with van der Waals surface area (Å²) in [6.07, 6.45) is 1.94. The van der Waals surface area contributed by atoms with E-state index in [0.29, 0.717) is 6.42 Å². The first kappa shape index (κ1) is 14.2. The molecule has 0 unspecified atom stereocenters. The Hall–Kier alpha value is -0.770. The highest BCUT2D eigenvalue weighted by Crippen LogP contribution is 2.33. The second-order valence-corrected chi connectivity index (χ2v) is 3.33. The number of benzene rings is 1. The van der Waals surface area contributed by atoms with Crippen LogP contribution >= 0.6 is 24.0 Å². The summed E-state index contributed by atoms with van der Waals surface area (Å²) in [7, 11) is 0. The fourth-order valence-electron chi connectivity index (χ4n) is 1.21. The third kappa shape index (κ3) is 3.09. The van der Waals surface area contributed by atoms with Crippen molar-refractivity contribution in [2.24, 2.45) is 5.73 Å². The topological polar surface area (TPSA) is 46.2 Å². The molecule has 1 rings (SSSR count). The standard InChI is InChI=1S/C10H11ClFNO.ClH/c1-2-3-8(13)9-7(12)5-4-6(11)10(9)14;/h2,4-5,8,14H,1,3,13H2;1H/t8-;/m1./s1. The Balaban J connectivity index is 0.00000196. The number of phenols is 1. The Kier molecular flexibility index (Phi) is 5.65. The van der Waals surface area contributed by atoms with Gasteiger partial charge >= 0.3 is 0 Å². The first-order chi connectivity index (χ1) is 6.57. The van der Waals surface area contributed by atoms with E-state index in [9.17, 15) is 9.50 Å². The molecule has 0 heterocycles. The maximum atomic E-state index is 13.3. The molecule has 0 saturated heterocycles. The second kappa shape index (κ2) is 5.95. The Morgan fingerprint density at radius 3 is 2.73 bits per heavy atom. The van der Waals surface area contributed by atoms with Crippen LogP contribution in [0.15, 0.2) is 24.8 Å². The van der Waals surface area contributed by atoms with Crippen molar-refractivity contribution in [2.45, 2.75) is 12.5 Å². The van der Waals surface area contributed by atoms with Crippen LogP contribution in [0.1, 0.15) is 18.0 Å². The Morgan fingerprint density at radius 2 is 2.20 bits per heavy atom. The number of halogens is 3. The number of nitrogens with two attached hydrogens (primary N) is 1. The summed E-state index contributed by atoms with van der Waals surface area (Å²) in [5.74, 6) is -0.845. The molecule has 2 nitrogen and oxygen atoms in total. The molecule has 0 radical (unpaired) electrons. The average Bonchev–Trinajstić information content (AvgIpc) is 2.13. The van der Waals surface area contributed by atoms with Crippen molar-refractivity contribution in [3.8, 4) is 5.75 Å². The first-order valence-electron chi connectivity index (χ1n) is 4.11. The molecule has 0 aliphatic rings. The molecule has 1 aromatic rings. The van der Waals surface area contributed by atoms with E-state index in [1.807, 2.05) is 0 Å². The van der Waals surface area contributed by atoms with Crippen LogP contribution in [0.4, 0.5) is 4.39 Å². The number of rotatable bonds is 3. The van der Waals surface area contributed by atoms with Crippen LogP contribution in [0, 0.1) is 5.82 Å². The molecular weight excluding hydrogens is 240 g/mol. The minimum absolute atomic E-state index is 0. The Bertz CT molecular complexity index is 358. The molecule has 1 atom stereocenters. The predicted molar refractivity (Wildman–Crippen MR) is 62.1 cm³/mol. The minimum atomic E-state index is -0.619. The fourth-order valence-corrected chi connectivity index (χ4v) is 1.37. The molecule has 0 saturated carbocycles. The molecule has 15 heavy (non-hydrogen) atoms. The van der Waals surface area contributed by atoms with Crippen LogP contribution in [-0.4, -0.2) is 5.11 Å². The third-order valence-corrected chi connectivity index (χ3v) is 2.21. The van der Waals surface area contributed by atoms with Gasteiger partial charge in [-0.2, -0.15) is 0 Å². The SMILES string of the molecule is C=CC[C@@H](N)c1c(F)ccc(Cl)c1O.Cl. The highest BCUT2D eigenvalue weighted by Gasteiger charge is 2.17. The van der Waals surface area contributed by atoms with Crippen molar-refractivity contribution in [1.82, 2.24) is 0 Å². The summed E-state index contributed by atoms with van der Waals surface area (Å²) in [6.45, 7) is 3.49. The zero-order chi connectivity index (χ0) is 10.7. The normalized spacial score (nSPS) is 11.7. The lowest BCUT2D eigenvalue weighted by atomic mass is 10.0. The van der Waals surface area contributed by atoms with Crippen LogP contribution in [0.2, 0.25) is 5.02 Å². The zero-order valence-electron chi connectivity index (χ0n) is 7.91. The number of aromatic hydroxyl groups is 1. The number of phenolic OH excluding ortho intramolecular Hbond substituents is 1. The average molecular weight is 252 g/mol. The monoisotopic (exact) mass is 251 g/mol. The molecule has 5 heteroatoms. The molecule has 0 amide bonds. The van der Waals surface area contributed by atoms with Gasteiger partial charge in [0.15, 0.2) is 0 Å². The van der Waals surface area contributed by atoms with E-state index in [4.69, 9.17) is 17.3 Å². The van der Waals surface area contributed by atoms with Crippen LogP contribution < -0.4 is 5.73 Å². The van der Waals surface area contributed by atoms with Crippen LogP contribution in [0.25, 0.3) is 0 Å². The molecule has 0 spiro atoms. The van der Waals surface area contributed by atoms with Gasteiger partial charge in [0.25, 0.3) is 0 Å². The molecule has 3 N–H and O–H groups in total. The zero-order valence-corrected chi connectivity index (χ0v) is 9.48. The molecule has 0 aliphatic carbocycles. The summed E-state index contributed by atoms with van der Waals surface area (Å²) in [5, 5.41) is 9.59. The van der Waals surface area contributed by atoms with E-state index in [1.54, 1.807) is 6.08 Å². The van der Waals surface area contributed by atoms with E-state index in [1.165, 1.54) is 12.1 Å². The minimum Gasteiger partial charge on any atom is -0.506 e. The molecule has 84 valence electrons. The Labute approximate surface area is 99.0 Å². The van der Waals surface area contributed by atoms with E-state index >= 15 is 0 Å². The van der Waals surface area contributed by atoms with E-state index in [2.05, 4.69) is 6.58 Å². The van der Waals surface area contributed by atoms with Gasteiger partial charge in [-0.15, -0.1) is 19.0 Å². The highest BCUT2D eigenvalue weighted by molar-refractivity contribution is 6.32. The van der Waals surface area contributed by atoms with Gasteiger partial charge in [0, 0.05) is 11.6 Å². The molecule has 0 aliphatic heterocycles. The molecular formula is C10H12Cl2FNO. The van der Waals surface area contributed by atoms with Gasteiger partial charge in [0.05, 0.1) is 5.02 Å². The van der Waals surface area contributed by atoms with Gasteiger partial charge in [0.1, 0.15) is 11.6 Å². The lowest BCUT2D eigenvalue weighted by Crippen LogP contribution is -2.11. The Morgan fingerprint density at radius 1 is 1.60 bits per heavy atom. The second-order valence-electron chi connectivity index (χ2n) is 2.92. The van der Waals surface area contributed by atoms with Gasteiger partial charge in [0.2, 0.25) is 0 Å².